The maximum Gasteiger partial charge on any atom is 0.262 e. The maximum atomic E-state index is 11.9. The molecule has 7 nitrogen and oxygen atoms in total. The van der Waals surface area contributed by atoms with Gasteiger partial charge >= 0.3 is 0 Å². The first-order valence-electron chi connectivity index (χ1n) is 5.65. The number of fused-ring (bicyclic) bond motifs is 1. The largest absolute Gasteiger partial charge is 0.486 e. The summed E-state index contributed by atoms with van der Waals surface area (Å²) in [5.41, 5.74) is 0. The van der Waals surface area contributed by atoms with Gasteiger partial charge in [0.1, 0.15) is 13.2 Å². The molecule has 0 atom stereocenters. The first-order chi connectivity index (χ1) is 9.13. The highest BCUT2D eigenvalue weighted by Gasteiger charge is 2.19. The Morgan fingerprint density at radius 1 is 1.21 bits per heavy atom. The molecule has 0 fully saturated rings. The summed E-state index contributed by atoms with van der Waals surface area (Å²) in [7, 11) is -2.24. The Bertz CT molecular complexity index is 530. The molecule has 2 rings (SSSR count). The topological polar surface area (TPSA) is 83.1 Å². The number of benzene rings is 1. The number of methoxy groups -OCH3 is 1. The molecule has 0 saturated heterocycles. The van der Waals surface area contributed by atoms with Gasteiger partial charge < -0.3 is 14.2 Å². The van der Waals surface area contributed by atoms with Crippen molar-refractivity contribution in [2.24, 2.45) is 0 Å². The lowest BCUT2D eigenvalue weighted by molar-refractivity contribution is 0.0438. The third-order valence-electron chi connectivity index (χ3n) is 2.38. The molecule has 0 bridgehead atoms. The summed E-state index contributed by atoms with van der Waals surface area (Å²) >= 11 is 0. The van der Waals surface area contributed by atoms with Crippen molar-refractivity contribution < 1.29 is 27.5 Å². The van der Waals surface area contributed by atoms with Gasteiger partial charge in [-0.25, -0.2) is 8.42 Å². The molecule has 0 amide bonds. The first kappa shape index (κ1) is 14.1. The van der Waals surface area contributed by atoms with Crippen LogP contribution in [0.4, 0.5) is 0 Å². The van der Waals surface area contributed by atoms with E-state index in [0.717, 1.165) is 0 Å². The first-order valence-corrected chi connectivity index (χ1v) is 7.14. The third-order valence-corrected chi connectivity index (χ3v) is 3.59. The van der Waals surface area contributed by atoms with Crippen LogP contribution in [0.3, 0.4) is 0 Å². The molecule has 1 aromatic rings. The number of ether oxygens (including phenoxy) is 3. The average Bonchev–Trinajstić information content (AvgIpc) is 2.43. The fourth-order valence-electron chi connectivity index (χ4n) is 1.48. The standard InChI is InChI=1S/C11H15NO6S/c1-15-4-7-18-12-19(13,14)9-2-3-10-11(8-9)17-6-5-16-10/h2-3,8,12H,4-7H2,1H3. The number of sulfonamides is 1. The summed E-state index contributed by atoms with van der Waals surface area (Å²) in [5.74, 6) is 0.941. The van der Waals surface area contributed by atoms with E-state index in [0.29, 0.717) is 31.3 Å². The van der Waals surface area contributed by atoms with E-state index in [-0.39, 0.29) is 11.5 Å². The number of hydrogen-bond donors (Lipinski definition) is 1. The number of rotatable bonds is 6. The van der Waals surface area contributed by atoms with Gasteiger partial charge in [-0.3, -0.25) is 4.84 Å². The molecule has 0 saturated carbocycles. The van der Waals surface area contributed by atoms with Crippen LogP contribution in [0.2, 0.25) is 0 Å². The van der Waals surface area contributed by atoms with Crippen LogP contribution in [-0.2, 0) is 19.6 Å². The summed E-state index contributed by atoms with van der Waals surface area (Å²) in [4.78, 5) is 6.87. The van der Waals surface area contributed by atoms with Crippen molar-refractivity contribution >= 4 is 10.0 Å². The molecular formula is C11H15NO6S. The summed E-state index contributed by atoms with van der Waals surface area (Å²) in [6.07, 6.45) is 0. The van der Waals surface area contributed by atoms with Crippen LogP contribution in [0.5, 0.6) is 11.5 Å². The quantitative estimate of drug-likeness (QED) is 0.599. The van der Waals surface area contributed by atoms with E-state index in [1.165, 1.54) is 19.2 Å². The van der Waals surface area contributed by atoms with Crippen molar-refractivity contribution in [2.45, 2.75) is 4.90 Å². The Balaban J connectivity index is 2.07. The van der Waals surface area contributed by atoms with Gasteiger partial charge in [0.05, 0.1) is 18.1 Å². The second-order valence-corrected chi connectivity index (χ2v) is 5.38. The molecule has 0 spiro atoms. The number of nitrogens with one attached hydrogen (secondary N) is 1. The third kappa shape index (κ3) is 3.57. The molecule has 106 valence electrons. The normalized spacial score (nSPS) is 14.4. The smallest absolute Gasteiger partial charge is 0.262 e. The molecule has 1 heterocycles. The summed E-state index contributed by atoms with van der Waals surface area (Å²) in [5, 5.41) is 0. The maximum absolute atomic E-state index is 11.9. The molecule has 0 radical (unpaired) electrons. The van der Waals surface area contributed by atoms with Crippen molar-refractivity contribution in [1.29, 1.82) is 0 Å². The molecule has 0 aromatic heterocycles. The van der Waals surface area contributed by atoms with Crippen LogP contribution in [-0.4, -0.2) is 42.0 Å². The fraction of sp³-hybridized carbons (Fsp3) is 0.455. The van der Waals surface area contributed by atoms with Gasteiger partial charge in [0, 0.05) is 13.2 Å². The van der Waals surface area contributed by atoms with Gasteiger partial charge in [-0.15, -0.1) is 0 Å². The second kappa shape index (κ2) is 6.20. The molecule has 8 heteroatoms. The van der Waals surface area contributed by atoms with Gasteiger partial charge in [-0.2, -0.15) is 0 Å². The van der Waals surface area contributed by atoms with Crippen LogP contribution in [0, 0.1) is 0 Å². The minimum Gasteiger partial charge on any atom is -0.486 e. The monoisotopic (exact) mass is 289 g/mol. The van der Waals surface area contributed by atoms with E-state index in [2.05, 4.69) is 0 Å². The van der Waals surface area contributed by atoms with E-state index in [4.69, 9.17) is 19.0 Å². The molecule has 1 N–H and O–H groups in total. The fourth-order valence-corrected chi connectivity index (χ4v) is 2.33. The Labute approximate surface area is 111 Å². The van der Waals surface area contributed by atoms with Crippen molar-refractivity contribution in [3.05, 3.63) is 18.2 Å². The minimum atomic E-state index is -3.74. The zero-order valence-electron chi connectivity index (χ0n) is 10.4. The molecule has 1 aliphatic heterocycles. The van der Waals surface area contributed by atoms with Crippen molar-refractivity contribution in [2.75, 3.05) is 33.5 Å². The predicted molar refractivity (Wildman–Crippen MR) is 65.6 cm³/mol. The van der Waals surface area contributed by atoms with E-state index < -0.39 is 10.0 Å². The van der Waals surface area contributed by atoms with Crippen molar-refractivity contribution in [1.82, 2.24) is 4.89 Å². The highest BCUT2D eigenvalue weighted by molar-refractivity contribution is 7.89. The molecule has 0 unspecified atom stereocenters. The average molecular weight is 289 g/mol. The van der Waals surface area contributed by atoms with Gasteiger partial charge in [-0.1, -0.05) is 4.89 Å². The van der Waals surface area contributed by atoms with E-state index in [1.54, 1.807) is 6.07 Å². The summed E-state index contributed by atoms with van der Waals surface area (Å²) < 4.78 is 39.2. The lowest BCUT2D eigenvalue weighted by Crippen LogP contribution is -2.26. The van der Waals surface area contributed by atoms with E-state index in [1.807, 2.05) is 4.89 Å². The molecule has 1 aromatic carbocycles. The van der Waals surface area contributed by atoms with Crippen molar-refractivity contribution in [3.63, 3.8) is 0 Å². The highest BCUT2D eigenvalue weighted by atomic mass is 32.2. The van der Waals surface area contributed by atoms with E-state index in [9.17, 15) is 8.42 Å². The lowest BCUT2D eigenvalue weighted by atomic mass is 10.3. The van der Waals surface area contributed by atoms with Gasteiger partial charge in [-0.05, 0) is 12.1 Å². The Kier molecular flexibility index (Phi) is 4.59. The zero-order chi connectivity index (χ0) is 13.7. The molecular weight excluding hydrogens is 274 g/mol. The predicted octanol–water partition coefficient (Wildman–Crippen LogP) is 0.314. The Morgan fingerprint density at radius 2 is 1.95 bits per heavy atom. The van der Waals surface area contributed by atoms with Crippen LogP contribution in [0.15, 0.2) is 23.1 Å². The SMILES string of the molecule is COCCONS(=O)(=O)c1ccc2c(c1)OCCO2. The van der Waals surface area contributed by atoms with Crippen LogP contribution in [0.1, 0.15) is 0 Å². The zero-order valence-corrected chi connectivity index (χ0v) is 11.2. The van der Waals surface area contributed by atoms with Crippen LogP contribution in [0.25, 0.3) is 0 Å². The Morgan fingerprint density at radius 3 is 2.68 bits per heavy atom. The summed E-state index contributed by atoms with van der Waals surface area (Å²) in [6, 6.07) is 4.38. The highest BCUT2D eigenvalue weighted by Crippen LogP contribution is 2.32. The molecule has 1 aliphatic rings. The van der Waals surface area contributed by atoms with Gasteiger partial charge in [0.25, 0.3) is 10.0 Å². The van der Waals surface area contributed by atoms with Gasteiger partial charge in [0.15, 0.2) is 11.5 Å². The van der Waals surface area contributed by atoms with E-state index >= 15 is 0 Å². The minimum absolute atomic E-state index is 0.0502. The Hall–Kier alpha value is -1.35. The van der Waals surface area contributed by atoms with Gasteiger partial charge in [0.2, 0.25) is 0 Å². The second-order valence-electron chi connectivity index (χ2n) is 3.73. The number of hydrogen-bond acceptors (Lipinski definition) is 6. The lowest BCUT2D eigenvalue weighted by Gasteiger charge is -2.18. The molecule has 19 heavy (non-hydrogen) atoms. The van der Waals surface area contributed by atoms with Crippen molar-refractivity contribution in [3.8, 4) is 11.5 Å². The van der Waals surface area contributed by atoms with Crippen LogP contribution >= 0.6 is 0 Å². The summed E-state index contributed by atoms with van der Waals surface area (Å²) in [6.45, 7) is 1.27. The molecule has 0 aliphatic carbocycles. The van der Waals surface area contributed by atoms with Crippen LogP contribution < -0.4 is 14.4 Å².